The lowest BCUT2D eigenvalue weighted by atomic mass is 10.1. The summed E-state index contributed by atoms with van der Waals surface area (Å²) in [5.74, 6) is -2.72. The normalized spacial score (nSPS) is 12.3. The molecule has 1 aromatic carbocycles. The third kappa shape index (κ3) is 6.30. The lowest BCUT2D eigenvalue weighted by molar-refractivity contribution is -0.121. The maximum absolute atomic E-state index is 12.5. The van der Waals surface area contributed by atoms with Crippen LogP contribution in [0.5, 0.6) is 0 Å². The lowest BCUT2D eigenvalue weighted by Gasteiger charge is -2.16. The average molecular weight is 434 g/mol. The molecule has 0 spiro atoms. The molecule has 0 fully saturated rings. The zero-order chi connectivity index (χ0) is 20.1. The van der Waals surface area contributed by atoms with Crippen LogP contribution in [0.2, 0.25) is 10.0 Å². The summed E-state index contributed by atoms with van der Waals surface area (Å²) in [4.78, 5) is 20.5. The van der Waals surface area contributed by atoms with Gasteiger partial charge >= 0.3 is 0 Å². The van der Waals surface area contributed by atoms with Crippen molar-refractivity contribution in [3.05, 3.63) is 50.8 Å². The quantitative estimate of drug-likeness (QED) is 0.460. The minimum Gasteiger partial charge on any atom is -0.350 e. The zero-order valence-electron chi connectivity index (χ0n) is 15.0. The van der Waals surface area contributed by atoms with Crippen molar-refractivity contribution in [2.45, 2.75) is 50.6 Å². The average Bonchev–Trinajstić information content (AvgIpc) is 2.53. The van der Waals surface area contributed by atoms with Gasteiger partial charge in [-0.25, -0.2) is 9.97 Å². The van der Waals surface area contributed by atoms with Crippen LogP contribution in [0, 0.1) is 13.8 Å². The molecule has 2 rings (SSSR count). The highest BCUT2D eigenvalue weighted by atomic mass is 35.5. The molecule has 0 saturated carbocycles. The summed E-state index contributed by atoms with van der Waals surface area (Å²) >= 11 is 12.4. The molecule has 0 aliphatic heterocycles. The van der Waals surface area contributed by atoms with E-state index in [0.717, 1.165) is 11.1 Å². The molecule has 4 nitrogen and oxygen atoms in total. The summed E-state index contributed by atoms with van der Waals surface area (Å²) in [5.41, 5.74) is 2.78. The Balaban J connectivity index is 1.99. The SMILES string of the molecule is Cc1nc(SC(F)F)nc(C)c1CCC(=O)N[C@H](C)c1ccc(Cl)cc1Cl. The van der Waals surface area contributed by atoms with Crippen LogP contribution >= 0.6 is 35.0 Å². The molecule has 27 heavy (non-hydrogen) atoms. The van der Waals surface area contributed by atoms with Crippen LogP contribution in [0.15, 0.2) is 23.4 Å². The van der Waals surface area contributed by atoms with Gasteiger partial charge in [0.05, 0.1) is 6.04 Å². The lowest BCUT2D eigenvalue weighted by Crippen LogP contribution is -2.27. The first-order valence-electron chi connectivity index (χ1n) is 8.20. The number of thioether (sulfide) groups is 1. The van der Waals surface area contributed by atoms with Gasteiger partial charge in [-0.15, -0.1) is 0 Å². The van der Waals surface area contributed by atoms with Crippen molar-refractivity contribution in [3.63, 3.8) is 0 Å². The van der Waals surface area contributed by atoms with E-state index in [9.17, 15) is 13.6 Å². The number of benzene rings is 1. The third-order valence-corrected chi connectivity index (χ3v) is 5.14. The molecule has 0 radical (unpaired) electrons. The smallest absolute Gasteiger partial charge is 0.291 e. The van der Waals surface area contributed by atoms with Crippen molar-refractivity contribution in [2.24, 2.45) is 0 Å². The molecule has 146 valence electrons. The van der Waals surface area contributed by atoms with Gasteiger partial charge < -0.3 is 5.32 Å². The Hall–Kier alpha value is -1.44. The monoisotopic (exact) mass is 433 g/mol. The number of hydrogen-bond acceptors (Lipinski definition) is 4. The maximum atomic E-state index is 12.5. The number of carbonyl (C=O) groups excluding carboxylic acids is 1. The first kappa shape index (κ1) is 21.9. The van der Waals surface area contributed by atoms with E-state index < -0.39 is 5.76 Å². The number of carbonyl (C=O) groups is 1. The zero-order valence-corrected chi connectivity index (χ0v) is 17.4. The standard InChI is InChI=1S/C18H19Cl2F2N3OS/c1-9-13(10(2)25-18(24-9)27-17(21)22)6-7-16(26)23-11(3)14-5-4-12(19)8-15(14)20/h4-5,8,11,17H,6-7H2,1-3H3,(H,23,26)/t11-/m1/s1. The van der Waals surface area contributed by atoms with E-state index in [4.69, 9.17) is 23.2 Å². The van der Waals surface area contributed by atoms with Crippen molar-refractivity contribution in [1.29, 1.82) is 0 Å². The van der Waals surface area contributed by atoms with E-state index in [2.05, 4.69) is 15.3 Å². The molecule has 0 aliphatic carbocycles. The van der Waals surface area contributed by atoms with Crippen LogP contribution < -0.4 is 5.32 Å². The van der Waals surface area contributed by atoms with E-state index >= 15 is 0 Å². The molecule has 0 aliphatic rings. The van der Waals surface area contributed by atoms with Crippen molar-refractivity contribution >= 4 is 40.9 Å². The number of nitrogens with one attached hydrogen (secondary N) is 1. The van der Waals surface area contributed by atoms with Gasteiger partial charge in [0, 0.05) is 27.9 Å². The van der Waals surface area contributed by atoms with Crippen LogP contribution in [0.3, 0.4) is 0 Å². The first-order chi connectivity index (χ1) is 12.7. The van der Waals surface area contributed by atoms with Crippen molar-refractivity contribution in [1.82, 2.24) is 15.3 Å². The summed E-state index contributed by atoms with van der Waals surface area (Å²) in [5, 5.41) is 3.95. The molecule has 9 heteroatoms. The fourth-order valence-electron chi connectivity index (χ4n) is 2.69. The fraction of sp³-hybridized carbons (Fsp3) is 0.389. The largest absolute Gasteiger partial charge is 0.350 e. The molecule has 0 unspecified atom stereocenters. The number of hydrogen-bond donors (Lipinski definition) is 1. The summed E-state index contributed by atoms with van der Waals surface area (Å²) < 4.78 is 24.9. The van der Waals surface area contributed by atoms with Crippen LogP contribution in [0.1, 0.15) is 41.9 Å². The molecule has 1 atom stereocenters. The number of nitrogens with zero attached hydrogens (tertiary/aromatic N) is 2. The molecule has 1 N–H and O–H groups in total. The number of aryl methyl sites for hydroxylation is 2. The van der Waals surface area contributed by atoms with Gasteiger partial charge in [0.1, 0.15) is 0 Å². The van der Waals surface area contributed by atoms with E-state index in [1.54, 1.807) is 32.0 Å². The molecule has 1 heterocycles. The summed E-state index contributed by atoms with van der Waals surface area (Å²) in [6, 6.07) is 4.85. The van der Waals surface area contributed by atoms with Gasteiger partial charge in [-0.2, -0.15) is 8.78 Å². The van der Waals surface area contributed by atoms with E-state index in [-0.39, 0.29) is 23.5 Å². The molecular weight excluding hydrogens is 415 g/mol. The van der Waals surface area contributed by atoms with Crippen LogP contribution in [-0.2, 0) is 11.2 Å². The summed E-state index contributed by atoms with van der Waals surface area (Å²) in [6.45, 7) is 5.30. The number of amides is 1. The minimum absolute atomic E-state index is 0.0409. The second-order valence-corrected chi connectivity index (χ2v) is 7.79. The van der Waals surface area contributed by atoms with Gasteiger partial charge in [-0.3, -0.25) is 4.79 Å². The Bertz CT molecular complexity index is 813. The molecule has 0 saturated heterocycles. The van der Waals surface area contributed by atoms with Crippen molar-refractivity contribution in [3.8, 4) is 0 Å². The van der Waals surface area contributed by atoms with Crippen LogP contribution in [0.25, 0.3) is 0 Å². The molecular formula is C18H19Cl2F2N3OS. The topological polar surface area (TPSA) is 54.9 Å². The second kappa shape index (κ2) is 9.66. The number of alkyl halides is 2. The van der Waals surface area contributed by atoms with Gasteiger partial charge in [0.15, 0.2) is 5.16 Å². The molecule has 0 bridgehead atoms. The highest BCUT2D eigenvalue weighted by Crippen LogP contribution is 2.27. The summed E-state index contributed by atoms with van der Waals surface area (Å²) in [6.07, 6.45) is 0.645. The fourth-order valence-corrected chi connectivity index (χ4v) is 3.80. The third-order valence-electron chi connectivity index (χ3n) is 4.00. The minimum atomic E-state index is -2.57. The number of rotatable bonds is 7. The van der Waals surface area contributed by atoms with E-state index in [1.165, 1.54) is 0 Å². The Morgan fingerprint density at radius 3 is 2.41 bits per heavy atom. The van der Waals surface area contributed by atoms with Gasteiger partial charge in [-0.05, 0) is 62.2 Å². The Morgan fingerprint density at radius 1 is 1.22 bits per heavy atom. The van der Waals surface area contributed by atoms with Crippen molar-refractivity contribution < 1.29 is 13.6 Å². The van der Waals surface area contributed by atoms with Crippen LogP contribution in [-0.4, -0.2) is 21.6 Å². The predicted octanol–water partition coefficient (Wildman–Crippen LogP) is 5.52. The van der Waals surface area contributed by atoms with Crippen molar-refractivity contribution in [2.75, 3.05) is 0 Å². The first-order valence-corrected chi connectivity index (χ1v) is 9.84. The number of aromatic nitrogens is 2. The highest BCUT2D eigenvalue weighted by molar-refractivity contribution is 7.99. The van der Waals surface area contributed by atoms with Gasteiger partial charge in [-0.1, -0.05) is 29.3 Å². The Labute approximate surface area is 171 Å². The van der Waals surface area contributed by atoms with E-state index in [0.29, 0.717) is 39.6 Å². The van der Waals surface area contributed by atoms with Gasteiger partial charge in [0.2, 0.25) is 5.91 Å². The second-order valence-electron chi connectivity index (χ2n) is 5.99. The molecule has 1 aromatic heterocycles. The highest BCUT2D eigenvalue weighted by Gasteiger charge is 2.16. The Morgan fingerprint density at radius 2 is 1.85 bits per heavy atom. The summed E-state index contributed by atoms with van der Waals surface area (Å²) in [7, 11) is 0. The predicted molar refractivity (Wildman–Crippen MR) is 105 cm³/mol. The maximum Gasteiger partial charge on any atom is 0.291 e. The molecule has 1 amide bonds. The Kier molecular flexibility index (Phi) is 7.82. The van der Waals surface area contributed by atoms with Gasteiger partial charge in [0.25, 0.3) is 5.76 Å². The molecule has 2 aromatic rings. The van der Waals surface area contributed by atoms with E-state index in [1.807, 2.05) is 6.92 Å². The number of halogens is 4. The van der Waals surface area contributed by atoms with Crippen LogP contribution in [0.4, 0.5) is 8.78 Å².